The summed E-state index contributed by atoms with van der Waals surface area (Å²) in [5.41, 5.74) is 1.01. The van der Waals surface area contributed by atoms with Gasteiger partial charge in [-0.3, -0.25) is 10.1 Å². The average molecular weight is 222 g/mol. The summed E-state index contributed by atoms with van der Waals surface area (Å²) in [7, 11) is 0. The Morgan fingerprint density at radius 1 is 1.44 bits per heavy atom. The van der Waals surface area contributed by atoms with Crippen molar-refractivity contribution >= 4 is 5.69 Å². The first-order valence-electron chi connectivity index (χ1n) is 5.60. The second kappa shape index (κ2) is 6.23. The standard InChI is InChI=1S/C12H18N2O2/c1-3-10(2)13-9-8-11-6-4-5-7-12(11)14(15)16/h4-7,10,13H,3,8-9H2,1-2H3. The molecule has 0 amide bonds. The minimum Gasteiger partial charge on any atom is -0.314 e. The van der Waals surface area contributed by atoms with E-state index in [2.05, 4.69) is 19.2 Å². The van der Waals surface area contributed by atoms with Crippen LogP contribution in [0.1, 0.15) is 25.8 Å². The van der Waals surface area contributed by atoms with Crippen LogP contribution in [0.15, 0.2) is 24.3 Å². The van der Waals surface area contributed by atoms with Crippen LogP contribution in [0.25, 0.3) is 0 Å². The fraction of sp³-hybridized carbons (Fsp3) is 0.500. The van der Waals surface area contributed by atoms with Crippen molar-refractivity contribution in [1.29, 1.82) is 0 Å². The fourth-order valence-corrected chi connectivity index (χ4v) is 1.50. The molecule has 0 fully saturated rings. The molecule has 0 saturated heterocycles. The highest BCUT2D eigenvalue weighted by Gasteiger charge is 2.11. The number of nitro groups is 1. The Morgan fingerprint density at radius 3 is 2.75 bits per heavy atom. The summed E-state index contributed by atoms with van der Waals surface area (Å²) >= 11 is 0. The lowest BCUT2D eigenvalue weighted by Gasteiger charge is -2.10. The summed E-state index contributed by atoms with van der Waals surface area (Å²) in [6, 6.07) is 7.37. The molecule has 0 aliphatic heterocycles. The van der Waals surface area contributed by atoms with Crippen LogP contribution in [0, 0.1) is 10.1 Å². The van der Waals surface area contributed by atoms with Crippen molar-refractivity contribution in [3.8, 4) is 0 Å². The molecule has 0 aromatic heterocycles. The molecule has 1 atom stereocenters. The number of para-hydroxylation sites is 1. The highest BCUT2D eigenvalue weighted by molar-refractivity contribution is 5.39. The van der Waals surface area contributed by atoms with Crippen molar-refractivity contribution in [2.45, 2.75) is 32.7 Å². The SMILES string of the molecule is CCC(C)NCCc1ccccc1[N+](=O)[O-]. The van der Waals surface area contributed by atoms with Gasteiger partial charge in [-0.25, -0.2) is 0 Å². The van der Waals surface area contributed by atoms with Crippen molar-refractivity contribution in [1.82, 2.24) is 5.32 Å². The number of hydrogen-bond donors (Lipinski definition) is 1. The van der Waals surface area contributed by atoms with Gasteiger partial charge < -0.3 is 5.32 Å². The van der Waals surface area contributed by atoms with Gasteiger partial charge in [0, 0.05) is 17.7 Å². The normalized spacial score (nSPS) is 12.4. The molecule has 0 aliphatic rings. The van der Waals surface area contributed by atoms with E-state index < -0.39 is 0 Å². The molecule has 0 heterocycles. The average Bonchev–Trinajstić information content (AvgIpc) is 2.29. The first-order valence-corrected chi connectivity index (χ1v) is 5.60. The lowest BCUT2D eigenvalue weighted by molar-refractivity contribution is -0.385. The van der Waals surface area contributed by atoms with Gasteiger partial charge in [-0.2, -0.15) is 0 Å². The topological polar surface area (TPSA) is 55.2 Å². The Labute approximate surface area is 95.8 Å². The van der Waals surface area contributed by atoms with Crippen LogP contribution in [-0.2, 0) is 6.42 Å². The van der Waals surface area contributed by atoms with E-state index in [0.717, 1.165) is 18.5 Å². The van der Waals surface area contributed by atoms with Gasteiger partial charge in [0.2, 0.25) is 0 Å². The molecule has 16 heavy (non-hydrogen) atoms. The largest absolute Gasteiger partial charge is 0.314 e. The van der Waals surface area contributed by atoms with Crippen LogP contribution in [0.4, 0.5) is 5.69 Å². The van der Waals surface area contributed by atoms with Crippen molar-refractivity contribution in [3.63, 3.8) is 0 Å². The van der Waals surface area contributed by atoms with E-state index in [1.165, 1.54) is 0 Å². The zero-order chi connectivity index (χ0) is 12.0. The zero-order valence-corrected chi connectivity index (χ0v) is 9.77. The Kier molecular flexibility index (Phi) is 4.92. The van der Waals surface area contributed by atoms with Crippen molar-refractivity contribution < 1.29 is 4.92 Å². The third-order valence-electron chi connectivity index (χ3n) is 2.69. The van der Waals surface area contributed by atoms with E-state index in [-0.39, 0.29) is 10.6 Å². The molecule has 0 bridgehead atoms. The van der Waals surface area contributed by atoms with Crippen LogP contribution in [0.5, 0.6) is 0 Å². The van der Waals surface area contributed by atoms with Crippen LogP contribution in [-0.4, -0.2) is 17.5 Å². The van der Waals surface area contributed by atoms with E-state index in [1.54, 1.807) is 12.1 Å². The van der Waals surface area contributed by atoms with Crippen LogP contribution < -0.4 is 5.32 Å². The van der Waals surface area contributed by atoms with Crippen molar-refractivity contribution in [3.05, 3.63) is 39.9 Å². The molecular formula is C12H18N2O2. The van der Waals surface area contributed by atoms with Crippen LogP contribution in [0.2, 0.25) is 0 Å². The first kappa shape index (κ1) is 12.6. The summed E-state index contributed by atoms with van der Waals surface area (Å²) in [6.45, 7) is 5.00. The van der Waals surface area contributed by atoms with Crippen LogP contribution >= 0.6 is 0 Å². The number of hydrogen-bond acceptors (Lipinski definition) is 3. The molecule has 4 heteroatoms. The molecule has 1 N–H and O–H groups in total. The Hall–Kier alpha value is -1.42. The first-order chi connectivity index (χ1) is 7.65. The maximum Gasteiger partial charge on any atom is 0.272 e. The quantitative estimate of drug-likeness (QED) is 0.594. The molecule has 0 aliphatic carbocycles. The number of rotatable bonds is 6. The van der Waals surface area contributed by atoms with E-state index in [4.69, 9.17) is 0 Å². The highest BCUT2D eigenvalue weighted by atomic mass is 16.6. The monoisotopic (exact) mass is 222 g/mol. The maximum absolute atomic E-state index is 10.8. The maximum atomic E-state index is 10.8. The zero-order valence-electron chi connectivity index (χ0n) is 9.77. The lowest BCUT2D eigenvalue weighted by Crippen LogP contribution is -2.27. The predicted molar refractivity (Wildman–Crippen MR) is 64.6 cm³/mol. The van der Waals surface area contributed by atoms with Gasteiger partial charge in [-0.05, 0) is 26.3 Å². The summed E-state index contributed by atoms with van der Waals surface area (Å²) in [5, 5.41) is 14.1. The predicted octanol–water partition coefficient (Wildman–Crippen LogP) is 2.53. The number of nitrogens with one attached hydrogen (secondary N) is 1. The van der Waals surface area contributed by atoms with E-state index in [9.17, 15) is 10.1 Å². The van der Waals surface area contributed by atoms with E-state index in [0.29, 0.717) is 12.5 Å². The van der Waals surface area contributed by atoms with E-state index >= 15 is 0 Å². The second-order valence-corrected chi connectivity index (χ2v) is 3.90. The number of nitro benzene ring substituents is 1. The number of nitrogens with zero attached hydrogens (tertiary/aromatic N) is 1. The molecular weight excluding hydrogens is 204 g/mol. The molecule has 4 nitrogen and oxygen atoms in total. The summed E-state index contributed by atoms with van der Waals surface area (Å²) in [5.74, 6) is 0. The molecule has 88 valence electrons. The summed E-state index contributed by atoms with van der Waals surface area (Å²) in [6.07, 6.45) is 1.76. The molecule has 0 radical (unpaired) electrons. The molecule has 1 unspecified atom stereocenters. The van der Waals surface area contributed by atoms with Crippen molar-refractivity contribution in [2.75, 3.05) is 6.54 Å². The second-order valence-electron chi connectivity index (χ2n) is 3.90. The third kappa shape index (κ3) is 3.62. The van der Waals surface area contributed by atoms with Crippen LogP contribution in [0.3, 0.4) is 0 Å². The Bertz CT molecular complexity index is 353. The van der Waals surface area contributed by atoms with Gasteiger partial charge in [0.1, 0.15) is 0 Å². The third-order valence-corrected chi connectivity index (χ3v) is 2.69. The smallest absolute Gasteiger partial charge is 0.272 e. The van der Waals surface area contributed by atoms with Gasteiger partial charge in [0.15, 0.2) is 0 Å². The molecule has 0 spiro atoms. The highest BCUT2D eigenvalue weighted by Crippen LogP contribution is 2.17. The number of benzene rings is 1. The van der Waals surface area contributed by atoms with Gasteiger partial charge >= 0.3 is 0 Å². The molecule has 1 rings (SSSR count). The molecule has 1 aromatic rings. The molecule has 0 saturated carbocycles. The van der Waals surface area contributed by atoms with E-state index in [1.807, 2.05) is 12.1 Å². The fourth-order valence-electron chi connectivity index (χ4n) is 1.50. The minimum atomic E-state index is -0.321. The lowest BCUT2D eigenvalue weighted by atomic mass is 10.1. The van der Waals surface area contributed by atoms with Gasteiger partial charge in [-0.15, -0.1) is 0 Å². The molecule has 1 aromatic carbocycles. The van der Waals surface area contributed by atoms with Gasteiger partial charge in [0.25, 0.3) is 5.69 Å². The summed E-state index contributed by atoms with van der Waals surface area (Å²) < 4.78 is 0. The Morgan fingerprint density at radius 2 is 2.12 bits per heavy atom. The Balaban J connectivity index is 2.56. The van der Waals surface area contributed by atoms with Gasteiger partial charge in [-0.1, -0.05) is 25.1 Å². The minimum absolute atomic E-state index is 0.216. The van der Waals surface area contributed by atoms with Crippen molar-refractivity contribution in [2.24, 2.45) is 0 Å². The van der Waals surface area contributed by atoms with Gasteiger partial charge in [0.05, 0.1) is 4.92 Å². The summed E-state index contributed by atoms with van der Waals surface area (Å²) in [4.78, 5) is 10.4.